The average Bonchev–Trinajstić information content (AvgIpc) is 2.63. The molecule has 5 unspecified atom stereocenters. The summed E-state index contributed by atoms with van der Waals surface area (Å²) in [6.07, 6.45) is -2.75. The molecule has 0 heterocycles. The Labute approximate surface area is 194 Å². The minimum Gasteiger partial charge on any atom is -0.394 e. The van der Waals surface area contributed by atoms with Gasteiger partial charge < -0.3 is 41.5 Å². The largest absolute Gasteiger partial charge is 0.394 e. The standard InChI is InChI=1S/C23H49N3O6/c1-9-22(5,6)19(31)10-16(28)15(11-24-12-17(29)18(30)13-27)25-20(32)26-23(7,8)14-21(2,3)4/h15-19,24,27-31H,9-14H2,1-8H3,(H2,25,26,32). The van der Waals surface area contributed by atoms with Crippen LogP contribution in [-0.4, -0.2) is 87.3 Å². The Hall–Kier alpha value is -0.970. The highest BCUT2D eigenvalue weighted by Gasteiger charge is 2.33. The molecule has 0 aromatic carbocycles. The van der Waals surface area contributed by atoms with E-state index in [1.807, 2.05) is 34.6 Å². The summed E-state index contributed by atoms with van der Waals surface area (Å²) in [5, 5.41) is 58.2. The van der Waals surface area contributed by atoms with Gasteiger partial charge in [-0.15, -0.1) is 0 Å². The van der Waals surface area contributed by atoms with Gasteiger partial charge in [0, 0.05) is 25.0 Å². The van der Waals surface area contributed by atoms with Crippen molar-refractivity contribution >= 4 is 6.03 Å². The Balaban J connectivity index is 5.21. The summed E-state index contributed by atoms with van der Waals surface area (Å²) in [6, 6.07) is -1.19. The number of aliphatic hydroxyl groups excluding tert-OH is 5. The molecular formula is C23H49N3O6. The zero-order valence-electron chi connectivity index (χ0n) is 21.3. The lowest BCUT2D eigenvalue weighted by Gasteiger charge is -2.35. The minimum absolute atomic E-state index is 0.0107. The van der Waals surface area contributed by atoms with E-state index in [0.29, 0.717) is 0 Å². The van der Waals surface area contributed by atoms with Gasteiger partial charge in [0.15, 0.2) is 0 Å². The van der Waals surface area contributed by atoms with Crippen molar-refractivity contribution in [3.05, 3.63) is 0 Å². The molecule has 9 heteroatoms. The van der Waals surface area contributed by atoms with Crippen LogP contribution in [0.1, 0.15) is 74.7 Å². The van der Waals surface area contributed by atoms with Crippen LogP contribution in [0.25, 0.3) is 0 Å². The molecule has 0 aliphatic rings. The smallest absolute Gasteiger partial charge is 0.315 e. The lowest BCUT2D eigenvalue weighted by molar-refractivity contribution is -0.0164. The zero-order chi connectivity index (χ0) is 25.3. The highest BCUT2D eigenvalue weighted by atomic mass is 16.4. The number of carbonyl (C=O) groups excluding carboxylic acids is 1. The van der Waals surface area contributed by atoms with E-state index >= 15 is 0 Å². The van der Waals surface area contributed by atoms with Gasteiger partial charge in [-0.1, -0.05) is 41.5 Å². The Morgan fingerprint density at radius 3 is 1.91 bits per heavy atom. The van der Waals surface area contributed by atoms with Crippen LogP contribution in [0.4, 0.5) is 4.79 Å². The van der Waals surface area contributed by atoms with Crippen molar-refractivity contribution in [1.29, 1.82) is 0 Å². The van der Waals surface area contributed by atoms with Gasteiger partial charge in [-0.05, 0) is 37.5 Å². The molecular weight excluding hydrogens is 414 g/mol. The molecule has 5 atom stereocenters. The van der Waals surface area contributed by atoms with Gasteiger partial charge in [-0.2, -0.15) is 0 Å². The number of carbonyl (C=O) groups is 1. The third-order valence-corrected chi connectivity index (χ3v) is 5.83. The zero-order valence-corrected chi connectivity index (χ0v) is 21.3. The Morgan fingerprint density at radius 2 is 1.44 bits per heavy atom. The van der Waals surface area contributed by atoms with Gasteiger partial charge in [0.05, 0.1) is 31.0 Å². The molecule has 8 N–H and O–H groups in total. The summed E-state index contributed by atoms with van der Waals surface area (Å²) in [6.45, 7) is 15.4. The van der Waals surface area contributed by atoms with Gasteiger partial charge in [-0.3, -0.25) is 0 Å². The lowest BCUT2D eigenvalue weighted by atomic mass is 9.80. The van der Waals surface area contributed by atoms with Crippen LogP contribution >= 0.6 is 0 Å². The predicted octanol–water partition coefficient (Wildman–Crippen LogP) is 0.721. The fraction of sp³-hybridized carbons (Fsp3) is 0.957. The molecule has 0 saturated carbocycles. The third kappa shape index (κ3) is 12.3. The van der Waals surface area contributed by atoms with E-state index in [9.17, 15) is 25.2 Å². The fourth-order valence-electron chi connectivity index (χ4n) is 3.76. The molecule has 9 nitrogen and oxygen atoms in total. The number of rotatable bonds is 14. The lowest BCUT2D eigenvalue weighted by Crippen LogP contribution is -2.57. The van der Waals surface area contributed by atoms with Gasteiger partial charge in [0.1, 0.15) is 6.10 Å². The summed E-state index contributed by atoms with van der Waals surface area (Å²) in [5.74, 6) is 0. The number of hydrogen-bond acceptors (Lipinski definition) is 7. The van der Waals surface area contributed by atoms with Crippen molar-refractivity contribution in [2.75, 3.05) is 19.7 Å². The van der Waals surface area contributed by atoms with E-state index in [2.05, 4.69) is 36.7 Å². The maximum atomic E-state index is 12.7. The van der Waals surface area contributed by atoms with E-state index < -0.39 is 54.0 Å². The molecule has 0 aromatic heterocycles. The van der Waals surface area contributed by atoms with Crippen LogP contribution in [0.3, 0.4) is 0 Å². The van der Waals surface area contributed by atoms with Crippen LogP contribution in [0.5, 0.6) is 0 Å². The molecule has 0 rings (SSSR count). The number of amides is 2. The van der Waals surface area contributed by atoms with Crippen molar-refractivity contribution in [3.63, 3.8) is 0 Å². The first kappa shape index (κ1) is 31.0. The van der Waals surface area contributed by atoms with Crippen molar-refractivity contribution in [2.45, 2.75) is 111 Å². The molecule has 0 fully saturated rings. The summed E-state index contributed by atoms with van der Waals surface area (Å²) in [7, 11) is 0. The van der Waals surface area contributed by atoms with E-state index in [-0.39, 0.29) is 24.9 Å². The number of nitrogens with one attached hydrogen (secondary N) is 3. The van der Waals surface area contributed by atoms with Crippen molar-refractivity contribution in [1.82, 2.24) is 16.0 Å². The van der Waals surface area contributed by atoms with Crippen LogP contribution in [0.15, 0.2) is 0 Å². The quantitative estimate of drug-likeness (QED) is 0.189. The first-order valence-electron chi connectivity index (χ1n) is 11.6. The molecule has 0 aromatic rings. The summed E-state index contributed by atoms with van der Waals surface area (Å²) < 4.78 is 0. The Morgan fingerprint density at radius 1 is 0.875 bits per heavy atom. The molecule has 0 bridgehead atoms. The summed E-state index contributed by atoms with van der Waals surface area (Å²) in [4.78, 5) is 12.7. The molecule has 192 valence electrons. The van der Waals surface area contributed by atoms with Gasteiger partial charge in [0.25, 0.3) is 0 Å². The van der Waals surface area contributed by atoms with Gasteiger partial charge in [-0.25, -0.2) is 4.79 Å². The van der Waals surface area contributed by atoms with Gasteiger partial charge in [0.2, 0.25) is 0 Å². The SMILES string of the molecule is CCC(C)(C)C(O)CC(O)C(CNCC(O)C(O)CO)NC(=O)NC(C)(C)CC(C)(C)C. The maximum Gasteiger partial charge on any atom is 0.315 e. The third-order valence-electron chi connectivity index (χ3n) is 5.83. The van der Waals surface area contributed by atoms with Crippen LogP contribution in [-0.2, 0) is 0 Å². The molecule has 32 heavy (non-hydrogen) atoms. The Kier molecular flexibility index (Phi) is 12.7. The van der Waals surface area contributed by atoms with Crippen molar-refractivity contribution < 1.29 is 30.3 Å². The van der Waals surface area contributed by atoms with Gasteiger partial charge >= 0.3 is 6.03 Å². The monoisotopic (exact) mass is 463 g/mol. The van der Waals surface area contributed by atoms with Crippen LogP contribution in [0, 0.1) is 10.8 Å². The molecule has 2 amide bonds. The molecule has 0 aliphatic heterocycles. The predicted molar refractivity (Wildman–Crippen MR) is 126 cm³/mol. The second-order valence-corrected chi connectivity index (χ2v) is 11.5. The fourth-order valence-corrected chi connectivity index (χ4v) is 3.76. The molecule has 0 saturated heterocycles. The minimum atomic E-state index is -1.28. The van der Waals surface area contributed by atoms with Crippen molar-refractivity contribution in [2.24, 2.45) is 10.8 Å². The molecule has 0 radical (unpaired) electrons. The first-order chi connectivity index (χ1) is 14.4. The normalized spacial score (nSPS) is 17.9. The summed E-state index contributed by atoms with van der Waals surface area (Å²) >= 11 is 0. The molecule has 0 aliphatic carbocycles. The number of hydrogen-bond donors (Lipinski definition) is 8. The van der Waals surface area contributed by atoms with Crippen molar-refractivity contribution in [3.8, 4) is 0 Å². The first-order valence-corrected chi connectivity index (χ1v) is 11.6. The topological polar surface area (TPSA) is 154 Å². The van der Waals surface area contributed by atoms with E-state index in [1.165, 1.54) is 0 Å². The van der Waals surface area contributed by atoms with E-state index in [4.69, 9.17) is 5.11 Å². The average molecular weight is 464 g/mol. The second kappa shape index (κ2) is 13.1. The summed E-state index contributed by atoms with van der Waals surface area (Å²) in [5.41, 5.74) is -0.857. The number of aliphatic hydroxyl groups is 5. The van der Waals surface area contributed by atoms with Crippen LogP contribution in [0.2, 0.25) is 0 Å². The highest BCUT2D eigenvalue weighted by molar-refractivity contribution is 5.75. The van der Waals surface area contributed by atoms with E-state index in [1.54, 1.807) is 0 Å². The van der Waals surface area contributed by atoms with E-state index in [0.717, 1.165) is 12.8 Å². The molecule has 0 spiro atoms. The Bertz CT molecular complexity index is 550. The van der Waals surface area contributed by atoms with Crippen LogP contribution < -0.4 is 16.0 Å². The highest BCUT2D eigenvalue weighted by Crippen LogP contribution is 2.28. The number of urea groups is 1. The maximum absolute atomic E-state index is 12.7. The second-order valence-electron chi connectivity index (χ2n) is 11.5.